The van der Waals surface area contributed by atoms with Crippen molar-refractivity contribution in [1.82, 2.24) is 20.2 Å². The van der Waals surface area contributed by atoms with Gasteiger partial charge in [-0.15, -0.1) is 5.10 Å². The Kier molecular flexibility index (Phi) is 4.32. The molecular formula is C21H16N6O3. The number of rotatable bonds is 4. The van der Waals surface area contributed by atoms with Gasteiger partial charge in [0.15, 0.2) is 0 Å². The lowest BCUT2D eigenvalue weighted by atomic mass is 10.1. The van der Waals surface area contributed by atoms with Crippen LogP contribution in [0.4, 0.5) is 11.4 Å². The smallest absolute Gasteiger partial charge is 0.261 e. The number of amides is 2. The molecule has 0 fully saturated rings. The molecule has 0 unspecified atom stereocenters. The third-order valence-corrected chi connectivity index (χ3v) is 4.97. The molecule has 9 heteroatoms. The molecule has 148 valence electrons. The van der Waals surface area contributed by atoms with Crippen molar-refractivity contribution in [3.63, 3.8) is 0 Å². The monoisotopic (exact) mass is 400 g/mol. The zero-order chi connectivity index (χ0) is 20.5. The highest BCUT2D eigenvalue weighted by Gasteiger charge is 2.26. The molecule has 0 saturated heterocycles. The maximum Gasteiger partial charge on any atom is 0.261 e. The molecule has 1 aliphatic heterocycles. The fourth-order valence-electron chi connectivity index (χ4n) is 3.50. The molecule has 0 spiro atoms. The molecular weight excluding hydrogens is 384 g/mol. The second-order valence-electron chi connectivity index (χ2n) is 6.82. The van der Waals surface area contributed by atoms with Gasteiger partial charge in [0.25, 0.3) is 11.8 Å². The summed E-state index contributed by atoms with van der Waals surface area (Å²) in [6, 6.07) is 14.2. The number of carbonyl (C=O) groups excluding carboxylic acids is 2. The van der Waals surface area contributed by atoms with Crippen LogP contribution in [0.1, 0.15) is 26.3 Å². The van der Waals surface area contributed by atoms with Crippen LogP contribution >= 0.6 is 0 Å². The highest BCUT2D eigenvalue weighted by atomic mass is 16.3. The molecule has 0 bridgehead atoms. The standard InChI is InChI=1S/C21H16N6O3/c28-20(15-2-1-3-18(11-15)27-13-22-24-25-27)23-17-4-5-19-14(10-17)6-8-26(19)21(29)16-7-9-30-12-16/h1-5,7,9-13H,6,8H2,(H,23,28). The summed E-state index contributed by atoms with van der Waals surface area (Å²) in [6.45, 7) is 0.588. The SMILES string of the molecule is O=C(Nc1ccc2c(c1)CCN2C(=O)c1ccoc1)c1cccc(-n2cnnn2)c1. The van der Waals surface area contributed by atoms with E-state index in [2.05, 4.69) is 20.8 Å². The number of aromatic nitrogens is 4. The Morgan fingerprint density at radius 3 is 2.80 bits per heavy atom. The number of nitrogens with zero attached hydrogens (tertiary/aromatic N) is 5. The number of nitrogens with one attached hydrogen (secondary N) is 1. The van der Waals surface area contributed by atoms with Crippen molar-refractivity contribution in [2.75, 3.05) is 16.8 Å². The Labute approximate surface area is 170 Å². The molecule has 2 aromatic carbocycles. The molecule has 30 heavy (non-hydrogen) atoms. The second kappa shape index (κ2) is 7.28. The number of furan rings is 1. The van der Waals surface area contributed by atoms with Gasteiger partial charge in [-0.2, -0.15) is 0 Å². The molecule has 5 rings (SSSR count). The maximum atomic E-state index is 12.7. The molecule has 0 aliphatic carbocycles. The van der Waals surface area contributed by atoms with Gasteiger partial charge < -0.3 is 14.6 Å². The van der Waals surface area contributed by atoms with Crippen molar-refractivity contribution in [2.24, 2.45) is 0 Å². The van der Waals surface area contributed by atoms with E-state index in [0.717, 1.165) is 17.7 Å². The Hall–Kier alpha value is -4.27. The molecule has 4 aromatic rings. The maximum absolute atomic E-state index is 12.7. The van der Waals surface area contributed by atoms with Gasteiger partial charge in [0.05, 0.1) is 17.5 Å². The Balaban J connectivity index is 1.34. The molecule has 1 N–H and O–H groups in total. The number of tetrazole rings is 1. The topological polar surface area (TPSA) is 106 Å². The lowest BCUT2D eigenvalue weighted by molar-refractivity contribution is 0.0987. The average Bonchev–Trinajstić information content (AvgIpc) is 3.55. The van der Waals surface area contributed by atoms with Crippen LogP contribution < -0.4 is 10.2 Å². The van der Waals surface area contributed by atoms with Crippen LogP contribution in [0, 0.1) is 0 Å². The van der Waals surface area contributed by atoms with E-state index in [1.165, 1.54) is 23.5 Å². The third kappa shape index (κ3) is 3.22. The number of hydrogen-bond donors (Lipinski definition) is 1. The van der Waals surface area contributed by atoms with Gasteiger partial charge in [0.2, 0.25) is 0 Å². The van der Waals surface area contributed by atoms with E-state index in [1.54, 1.807) is 35.2 Å². The Morgan fingerprint density at radius 1 is 1.07 bits per heavy atom. The van der Waals surface area contributed by atoms with E-state index >= 15 is 0 Å². The van der Waals surface area contributed by atoms with Gasteiger partial charge in [-0.3, -0.25) is 9.59 Å². The summed E-state index contributed by atoms with van der Waals surface area (Å²) in [5.74, 6) is -0.340. The van der Waals surface area contributed by atoms with Crippen LogP contribution in [-0.4, -0.2) is 38.6 Å². The Bertz CT molecular complexity index is 1220. The second-order valence-corrected chi connectivity index (χ2v) is 6.82. The first-order chi connectivity index (χ1) is 14.7. The summed E-state index contributed by atoms with van der Waals surface area (Å²) in [5.41, 5.74) is 4.22. The molecule has 2 amide bonds. The van der Waals surface area contributed by atoms with E-state index in [1.807, 2.05) is 18.2 Å². The summed E-state index contributed by atoms with van der Waals surface area (Å²) in [7, 11) is 0. The van der Waals surface area contributed by atoms with Gasteiger partial charge in [0, 0.05) is 23.5 Å². The first kappa shape index (κ1) is 17.8. The van der Waals surface area contributed by atoms with Crippen molar-refractivity contribution in [3.8, 4) is 5.69 Å². The lowest BCUT2D eigenvalue weighted by Crippen LogP contribution is -2.28. The summed E-state index contributed by atoms with van der Waals surface area (Å²) in [4.78, 5) is 27.1. The van der Waals surface area contributed by atoms with E-state index in [9.17, 15) is 9.59 Å². The molecule has 0 saturated carbocycles. The third-order valence-electron chi connectivity index (χ3n) is 4.97. The number of benzene rings is 2. The van der Waals surface area contributed by atoms with Crippen molar-refractivity contribution in [1.29, 1.82) is 0 Å². The highest BCUT2D eigenvalue weighted by molar-refractivity contribution is 6.08. The molecule has 1 aliphatic rings. The van der Waals surface area contributed by atoms with E-state index < -0.39 is 0 Å². The summed E-state index contributed by atoms with van der Waals surface area (Å²) >= 11 is 0. The number of carbonyl (C=O) groups is 2. The number of hydrogen-bond acceptors (Lipinski definition) is 6. The predicted molar refractivity (Wildman–Crippen MR) is 108 cm³/mol. The largest absolute Gasteiger partial charge is 0.472 e. The zero-order valence-electron chi connectivity index (χ0n) is 15.7. The van der Waals surface area contributed by atoms with Gasteiger partial charge >= 0.3 is 0 Å². The minimum absolute atomic E-state index is 0.0984. The van der Waals surface area contributed by atoms with Crippen molar-refractivity contribution >= 4 is 23.2 Å². The van der Waals surface area contributed by atoms with Gasteiger partial charge in [0.1, 0.15) is 12.6 Å². The Morgan fingerprint density at radius 2 is 2.00 bits per heavy atom. The number of anilines is 2. The van der Waals surface area contributed by atoms with E-state index in [4.69, 9.17) is 4.42 Å². The van der Waals surface area contributed by atoms with Gasteiger partial charge in [-0.1, -0.05) is 6.07 Å². The highest BCUT2D eigenvalue weighted by Crippen LogP contribution is 2.32. The molecule has 3 heterocycles. The summed E-state index contributed by atoms with van der Waals surface area (Å²) in [5, 5.41) is 14.0. The van der Waals surface area contributed by atoms with E-state index in [-0.39, 0.29) is 11.8 Å². The summed E-state index contributed by atoms with van der Waals surface area (Å²) in [6.07, 6.45) is 5.11. The van der Waals surface area contributed by atoms with Crippen LogP contribution in [0.25, 0.3) is 5.69 Å². The molecule has 0 atom stereocenters. The normalized spacial score (nSPS) is 12.6. The van der Waals surface area contributed by atoms with E-state index in [0.29, 0.717) is 29.0 Å². The fourth-order valence-corrected chi connectivity index (χ4v) is 3.50. The van der Waals surface area contributed by atoms with Crippen molar-refractivity contribution in [3.05, 3.63) is 84.1 Å². The molecule has 9 nitrogen and oxygen atoms in total. The van der Waals surface area contributed by atoms with Crippen molar-refractivity contribution < 1.29 is 14.0 Å². The molecule has 2 aromatic heterocycles. The first-order valence-corrected chi connectivity index (χ1v) is 9.31. The van der Waals surface area contributed by atoms with Crippen LogP contribution in [0.3, 0.4) is 0 Å². The minimum atomic E-state index is -0.241. The average molecular weight is 400 g/mol. The quantitative estimate of drug-likeness (QED) is 0.565. The minimum Gasteiger partial charge on any atom is -0.472 e. The summed E-state index contributed by atoms with van der Waals surface area (Å²) < 4.78 is 6.50. The number of fused-ring (bicyclic) bond motifs is 1. The fraction of sp³-hybridized carbons (Fsp3) is 0.0952. The van der Waals surface area contributed by atoms with Crippen molar-refractivity contribution in [2.45, 2.75) is 6.42 Å². The van der Waals surface area contributed by atoms with Crippen LogP contribution in [0.15, 0.2) is 71.8 Å². The van der Waals surface area contributed by atoms with Crippen LogP contribution in [0.5, 0.6) is 0 Å². The zero-order valence-corrected chi connectivity index (χ0v) is 15.7. The van der Waals surface area contributed by atoms with Crippen LogP contribution in [-0.2, 0) is 6.42 Å². The molecule has 0 radical (unpaired) electrons. The van der Waals surface area contributed by atoms with Gasteiger partial charge in [-0.25, -0.2) is 4.68 Å². The lowest BCUT2D eigenvalue weighted by Gasteiger charge is -2.16. The van der Waals surface area contributed by atoms with Gasteiger partial charge in [-0.05, 0) is 64.9 Å². The van der Waals surface area contributed by atoms with Crippen LogP contribution in [0.2, 0.25) is 0 Å². The predicted octanol–water partition coefficient (Wildman–Crippen LogP) is 2.71. The first-order valence-electron chi connectivity index (χ1n) is 9.31.